The molecule has 1 aromatic carbocycles. The standard InChI is InChI=1S/C13H21N3O2S/c1-15(2)9-11-3-5-13(6-4-11)19(17,18)16-8-7-12(14)10-16/h3-6,12H,7-10,14H2,1-2H3/t12-/m1/s1. The van der Waals surface area contributed by atoms with Gasteiger partial charge >= 0.3 is 0 Å². The SMILES string of the molecule is CN(C)Cc1ccc(S(=O)(=O)N2CC[C@@H](N)C2)cc1. The van der Waals surface area contributed by atoms with E-state index in [1.807, 2.05) is 31.1 Å². The molecule has 2 N–H and O–H groups in total. The summed E-state index contributed by atoms with van der Waals surface area (Å²) in [6.07, 6.45) is 0.734. The molecule has 1 aromatic rings. The Hall–Kier alpha value is -0.950. The summed E-state index contributed by atoms with van der Waals surface area (Å²) in [5.41, 5.74) is 6.87. The lowest BCUT2D eigenvalue weighted by atomic mass is 10.2. The molecule has 0 radical (unpaired) electrons. The molecule has 1 aliphatic heterocycles. The molecule has 0 unspecified atom stereocenters. The molecule has 6 heteroatoms. The van der Waals surface area contributed by atoms with Crippen molar-refractivity contribution in [1.29, 1.82) is 0 Å². The van der Waals surface area contributed by atoms with Gasteiger partial charge in [0, 0.05) is 25.7 Å². The fourth-order valence-electron chi connectivity index (χ4n) is 2.25. The van der Waals surface area contributed by atoms with Crippen molar-refractivity contribution in [3.63, 3.8) is 0 Å². The third-order valence-corrected chi connectivity index (χ3v) is 5.13. The monoisotopic (exact) mass is 283 g/mol. The first-order chi connectivity index (χ1) is 8.89. The summed E-state index contributed by atoms with van der Waals surface area (Å²) < 4.78 is 26.2. The molecule has 1 saturated heterocycles. The molecule has 0 saturated carbocycles. The van der Waals surface area contributed by atoms with Crippen LogP contribution in [-0.4, -0.2) is 50.8 Å². The zero-order valence-corrected chi connectivity index (χ0v) is 12.2. The first-order valence-corrected chi connectivity index (χ1v) is 7.83. The zero-order chi connectivity index (χ0) is 14.0. The number of rotatable bonds is 4. The van der Waals surface area contributed by atoms with Crippen LogP contribution in [0.15, 0.2) is 29.2 Å². The Kier molecular flexibility index (Phi) is 4.25. The highest BCUT2D eigenvalue weighted by molar-refractivity contribution is 7.89. The Morgan fingerprint density at radius 2 is 1.95 bits per heavy atom. The number of nitrogens with two attached hydrogens (primary N) is 1. The Bertz CT molecular complexity index is 525. The highest BCUT2D eigenvalue weighted by atomic mass is 32.2. The van der Waals surface area contributed by atoms with E-state index in [-0.39, 0.29) is 6.04 Å². The minimum atomic E-state index is -3.38. The fourth-order valence-corrected chi connectivity index (χ4v) is 3.76. The van der Waals surface area contributed by atoms with E-state index in [0.717, 1.165) is 18.5 Å². The van der Waals surface area contributed by atoms with Crippen molar-refractivity contribution in [2.75, 3.05) is 27.2 Å². The highest BCUT2D eigenvalue weighted by Crippen LogP contribution is 2.20. The van der Waals surface area contributed by atoms with E-state index in [1.54, 1.807) is 12.1 Å². The molecule has 0 bridgehead atoms. The average molecular weight is 283 g/mol. The van der Waals surface area contributed by atoms with E-state index < -0.39 is 10.0 Å². The third kappa shape index (κ3) is 3.33. The van der Waals surface area contributed by atoms with Gasteiger partial charge in [-0.25, -0.2) is 8.42 Å². The van der Waals surface area contributed by atoms with Crippen LogP contribution in [0.3, 0.4) is 0 Å². The second-order valence-electron chi connectivity index (χ2n) is 5.29. The maximum atomic E-state index is 12.4. The summed E-state index contributed by atoms with van der Waals surface area (Å²) in [5.74, 6) is 0. The van der Waals surface area contributed by atoms with Gasteiger partial charge in [-0.05, 0) is 38.2 Å². The number of hydrogen-bond donors (Lipinski definition) is 1. The molecule has 1 fully saturated rings. The van der Waals surface area contributed by atoms with Gasteiger partial charge in [-0.15, -0.1) is 0 Å². The van der Waals surface area contributed by atoms with Crippen LogP contribution in [0.2, 0.25) is 0 Å². The van der Waals surface area contributed by atoms with Gasteiger partial charge in [-0.3, -0.25) is 0 Å². The van der Waals surface area contributed by atoms with Gasteiger partial charge in [0.05, 0.1) is 4.90 Å². The van der Waals surface area contributed by atoms with Crippen LogP contribution in [0.5, 0.6) is 0 Å². The summed E-state index contributed by atoms with van der Waals surface area (Å²) in [5, 5.41) is 0. The average Bonchev–Trinajstić information content (AvgIpc) is 2.76. The number of benzene rings is 1. The Balaban J connectivity index is 2.17. The Morgan fingerprint density at radius 3 is 2.42 bits per heavy atom. The molecule has 0 aromatic heterocycles. The minimum absolute atomic E-state index is 0.0391. The minimum Gasteiger partial charge on any atom is -0.326 e. The van der Waals surface area contributed by atoms with Crippen molar-refractivity contribution in [1.82, 2.24) is 9.21 Å². The summed E-state index contributed by atoms with van der Waals surface area (Å²) in [6, 6.07) is 7.05. The van der Waals surface area contributed by atoms with E-state index in [9.17, 15) is 8.42 Å². The molecule has 2 rings (SSSR count). The normalized spacial score (nSPS) is 21.2. The summed E-state index contributed by atoms with van der Waals surface area (Å²) in [6.45, 7) is 1.74. The lowest BCUT2D eigenvalue weighted by Gasteiger charge is -2.16. The number of hydrogen-bond acceptors (Lipinski definition) is 4. The quantitative estimate of drug-likeness (QED) is 0.872. The van der Waals surface area contributed by atoms with Crippen molar-refractivity contribution >= 4 is 10.0 Å². The Labute approximate surface area is 115 Å². The van der Waals surface area contributed by atoms with Crippen molar-refractivity contribution in [3.05, 3.63) is 29.8 Å². The van der Waals surface area contributed by atoms with Gasteiger partial charge in [0.25, 0.3) is 0 Å². The molecule has 5 nitrogen and oxygen atoms in total. The molecule has 0 spiro atoms. The van der Waals surface area contributed by atoms with Crippen molar-refractivity contribution in [3.8, 4) is 0 Å². The summed E-state index contributed by atoms with van der Waals surface area (Å²) in [4.78, 5) is 2.40. The van der Waals surface area contributed by atoms with Crippen molar-refractivity contribution in [2.45, 2.75) is 23.9 Å². The highest BCUT2D eigenvalue weighted by Gasteiger charge is 2.30. The molecular formula is C13H21N3O2S. The van der Waals surface area contributed by atoms with Crippen LogP contribution >= 0.6 is 0 Å². The molecule has 1 heterocycles. The van der Waals surface area contributed by atoms with Crippen LogP contribution in [0, 0.1) is 0 Å². The first kappa shape index (κ1) is 14.5. The fraction of sp³-hybridized carbons (Fsp3) is 0.538. The maximum absolute atomic E-state index is 12.4. The lowest BCUT2D eigenvalue weighted by Crippen LogP contribution is -2.31. The second-order valence-corrected chi connectivity index (χ2v) is 7.23. The predicted octanol–water partition coefficient (Wildman–Crippen LogP) is 0.470. The van der Waals surface area contributed by atoms with Gasteiger partial charge in [-0.1, -0.05) is 12.1 Å². The van der Waals surface area contributed by atoms with Crippen molar-refractivity contribution in [2.24, 2.45) is 5.73 Å². The molecule has 0 aliphatic carbocycles. The number of sulfonamides is 1. The second kappa shape index (κ2) is 5.58. The topological polar surface area (TPSA) is 66.6 Å². The van der Waals surface area contributed by atoms with Crippen LogP contribution in [0.1, 0.15) is 12.0 Å². The lowest BCUT2D eigenvalue weighted by molar-refractivity contribution is 0.402. The first-order valence-electron chi connectivity index (χ1n) is 6.39. The van der Waals surface area contributed by atoms with Gasteiger partial charge in [0.2, 0.25) is 10.0 Å². The van der Waals surface area contributed by atoms with Crippen LogP contribution in [-0.2, 0) is 16.6 Å². The zero-order valence-electron chi connectivity index (χ0n) is 11.4. The Morgan fingerprint density at radius 1 is 1.32 bits per heavy atom. The van der Waals surface area contributed by atoms with E-state index in [2.05, 4.69) is 0 Å². The molecule has 0 amide bonds. The van der Waals surface area contributed by atoms with Crippen LogP contribution in [0.25, 0.3) is 0 Å². The predicted molar refractivity (Wildman–Crippen MR) is 75.2 cm³/mol. The smallest absolute Gasteiger partial charge is 0.243 e. The van der Waals surface area contributed by atoms with Gasteiger partial charge in [-0.2, -0.15) is 4.31 Å². The van der Waals surface area contributed by atoms with Crippen LogP contribution < -0.4 is 5.73 Å². The molecule has 106 valence electrons. The molecule has 1 atom stereocenters. The van der Waals surface area contributed by atoms with Crippen molar-refractivity contribution < 1.29 is 8.42 Å². The molecular weight excluding hydrogens is 262 g/mol. The van der Waals surface area contributed by atoms with E-state index in [0.29, 0.717) is 18.0 Å². The van der Waals surface area contributed by atoms with E-state index >= 15 is 0 Å². The number of nitrogens with zero attached hydrogens (tertiary/aromatic N) is 2. The molecule has 1 aliphatic rings. The largest absolute Gasteiger partial charge is 0.326 e. The summed E-state index contributed by atoms with van der Waals surface area (Å²) >= 11 is 0. The van der Waals surface area contributed by atoms with E-state index in [4.69, 9.17) is 5.73 Å². The van der Waals surface area contributed by atoms with Gasteiger partial charge < -0.3 is 10.6 Å². The van der Waals surface area contributed by atoms with E-state index in [1.165, 1.54) is 4.31 Å². The van der Waals surface area contributed by atoms with Gasteiger partial charge in [0.15, 0.2) is 0 Å². The molecule has 19 heavy (non-hydrogen) atoms. The van der Waals surface area contributed by atoms with Crippen LogP contribution in [0.4, 0.5) is 0 Å². The summed E-state index contributed by atoms with van der Waals surface area (Å²) in [7, 11) is 0.588. The van der Waals surface area contributed by atoms with Gasteiger partial charge in [0.1, 0.15) is 0 Å². The maximum Gasteiger partial charge on any atom is 0.243 e. The third-order valence-electron chi connectivity index (χ3n) is 3.25.